The number of anilines is 1. The molecule has 2 heterocycles. The Morgan fingerprint density at radius 1 is 1.40 bits per heavy atom. The fourth-order valence-corrected chi connectivity index (χ4v) is 2.31. The van der Waals surface area contributed by atoms with Gasteiger partial charge in [0.1, 0.15) is 5.69 Å². The van der Waals surface area contributed by atoms with Gasteiger partial charge in [0.25, 0.3) is 5.69 Å². The molecule has 0 saturated carbocycles. The molecule has 0 aromatic heterocycles. The summed E-state index contributed by atoms with van der Waals surface area (Å²) in [5, 5.41) is 16.7. The van der Waals surface area contributed by atoms with Gasteiger partial charge in [0.15, 0.2) is 11.5 Å². The zero-order valence-corrected chi connectivity index (χ0v) is 10.5. The minimum absolute atomic E-state index is 0.0219. The number of fused-ring (bicyclic) bond motifs is 1. The number of nitrogens with one attached hydrogen (secondary N) is 2. The highest BCUT2D eigenvalue weighted by Gasteiger charge is 2.27. The molecular formula is C12H13N3O5. The van der Waals surface area contributed by atoms with Gasteiger partial charge in [-0.3, -0.25) is 14.9 Å². The molecule has 8 heteroatoms. The number of nitro groups is 1. The summed E-state index contributed by atoms with van der Waals surface area (Å²) in [5.74, 6) is 0.434. The van der Waals surface area contributed by atoms with E-state index in [9.17, 15) is 14.9 Å². The van der Waals surface area contributed by atoms with Crippen LogP contribution in [0, 0.1) is 10.1 Å². The van der Waals surface area contributed by atoms with Gasteiger partial charge in [-0.1, -0.05) is 0 Å². The van der Waals surface area contributed by atoms with Crippen LogP contribution in [0.25, 0.3) is 0 Å². The number of hydrogen-bond acceptors (Lipinski definition) is 6. The molecule has 3 rings (SSSR count). The van der Waals surface area contributed by atoms with E-state index < -0.39 is 4.92 Å². The molecule has 1 unspecified atom stereocenters. The van der Waals surface area contributed by atoms with Gasteiger partial charge in [-0.2, -0.15) is 0 Å². The number of hydrogen-bond donors (Lipinski definition) is 2. The van der Waals surface area contributed by atoms with E-state index in [4.69, 9.17) is 9.47 Å². The van der Waals surface area contributed by atoms with E-state index in [1.165, 1.54) is 12.1 Å². The molecule has 0 bridgehead atoms. The van der Waals surface area contributed by atoms with Gasteiger partial charge in [-0.15, -0.1) is 0 Å². The molecule has 1 saturated heterocycles. The first-order valence-corrected chi connectivity index (χ1v) is 6.27. The summed E-state index contributed by atoms with van der Waals surface area (Å²) in [6, 6.07) is 2.38. The van der Waals surface area contributed by atoms with Crippen LogP contribution >= 0.6 is 0 Å². The average Bonchev–Trinajstić information content (AvgIpc) is 3.08. The molecule has 2 N–H and O–H groups in total. The van der Waals surface area contributed by atoms with Crippen molar-refractivity contribution in [2.24, 2.45) is 0 Å². The molecule has 106 valence electrons. The van der Waals surface area contributed by atoms with Crippen molar-refractivity contribution in [3.63, 3.8) is 0 Å². The lowest BCUT2D eigenvalue weighted by atomic mass is 10.2. The summed E-state index contributed by atoms with van der Waals surface area (Å²) in [6.45, 7) is 0.801. The number of carbonyl (C=O) groups excluding carboxylic acids is 1. The normalized spacial score (nSPS) is 19.9. The maximum atomic E-state index is 12.0. The summed E-state index contributed by atoms with van der Waals surface area (Å²) in [4.78, 5) is 22.5. The lowest BCUT2D eigenvalue weighted by Gasteiger charge is -2.11. The molecule has 1 fully saturated rings. The van der Waals surface area contributed by atoms with Crippen LogP contribution in [0.1, 0.15) is 12.8 Å². The molecule has 20 heavy (non-hydrogen) atoms. The number of ether oxygens (including phenoxy) is 2. The largest absolute Gasteiger partial charge is 0.454 e. The Morgan fingerprint density at radius 2 is 2.15 bits per heavy atom. The van der Waals surface area contributed by atoms with E-state index >= 15 is 0 Å². The first-order valence-electron chi connectivity index (χ1n) is 6.27. The molecule has 1 atom stereocenters. The first-order chi connectivity index (χ1) is 9.65. The van der Waals surface area contributed by atoms with Gasteiger partial charge in [0, 0.05) is 6.07 Å². The van der Waals surface area contributed by atoms with Crippen LogP contribution in [0.2, 0.25) is 0 Å². The van der Waals surface area contributed by atoms with E-state index in [0.717, 1.165) is 19.4 Å². The molecule has 1 aromatic rings. The van der Waals surface area contributed by atoms with Crippen molar-refractivity contribution in [2.45, 2.75) is 18.9 Å². The smallest absolute Gasteiger partial charge is 0.296 e. The number of amides is 1. The zero-order chi connectivity index (χ0) is 14.1. The molecule has 0 radical (unpaired) electrons. The summed E-state index contributed by atoms with van der Waals surface area (Å²) in [6.07, 6.45) is 1.64. The number of nitrogens with zero attached hydrogens (tertiary/aromatic N) is 1. The van der Waals surface area contributed by atoms with E-state index in [1.54, 1.807) is 0 Å². The second-order valence-corrected chi connectivity index (χ2v) is 4.62. The molecule has 2 aliphatic heterocycles. The maximum Gasteiger partial charge on any atom is 0.296 e. The topological polar surface area (TPSA) is 103 Å². The van der Waals surface area contributed by atoms with E-state index in [0.29, 0.717) is 11.5 Å². The Bertz CT molecular complexity index is 568. The van der Waals surface area contributed by atoms with Crippen LogP contribution in [0.5, 0.6) is 11.5 Å². The number of rotatable bonds is 3. The third-order valence-corrected chi connectivity index (χ3v) is 3.32. The lowest BCUT2D eigenvalue weighted by Crippen LogP contribution is -2.35. The molecule has 1 amide bonds. The fourth-order valence-electron chi connectivity index (χ4n) is 2.31. The molecule has 0 aliphatic carbocycles. The van der Waals surface area contributed by atoms with Crippen molar-refractivity contribution in [1.82, 2.24) is 5.32 Å². The fraction of sp³-hybridized carbons (Fsp3) is 0.417. The molecule has 2 aliphatic rings. The minimum atomic E-state index is -0.556. The first kappa shape index (κ1) is 12.7. The van der Waals surface area contributed by atoms with Gasteiger partial charge in [0.2, 0.25) is 12.7 Å². The van der Waals surface area contributed by atoms with Crippen LogP contribution in [-0.2, 0) is 4.79 Å². The Hall–Kier alpha value is -2.35. The Balaban J connectivity index is 1.87. The van der Waals surface area contributed by atoms with Crippen LogP contribution < -0.4 is 20.1 Å². The second-order valence-electron chi connectivity index (χ2n) is 4.62. The summed E-state index contributed by atoms with van der Waals surface area (Å²) >= 11 is 0. The quantitative estimate of drug-likeness (QED) is 0.632. The summed E-state index contributed by atoms with van der Waals surface area (Å²) in [7, 11) is 0. The van der Waals surface area contributed by atoms with Crippen LogP contribution in [-0.4, -0.2) is 30.2 Å². The third kappa shape index (κ3) is 2.25. The van der Waals surface area contributed by atoms with Crippen molar-refractivity contribution < 1.29 is 19.2 Å². The van der Waals surface area contributed by atoms with Gasteiger partial charge < -0.3 is 20.1 Å². The van der Waals surface area contributed by atoms with Crippen LogP contribution in [0.4, 0.5) is 11.4 Å². The van der Waals surface area contributed by atoms with E-state index in [-0.39, 0.29) is 30.1 Å². The zero-order valence-electron chi connectivity index (χ0n) is 10.5. The highest BCUT2D eigenvalue weighted by Crippen LogP contribution is 2.40. The SMILES string of the molecule is O=C(Nc1cc2c(cc1[N+](=O)[O-])OCO2)C1CCCN1. The van der Waals surface area contributed by atoms with Crippen molar-refractivity contribution in [2.75, 3.05) is 18.7 Å². The summed E-state index contributed by atoms with van der Waals surface area (Å²) in [5.41, 5.74) is -0.0847. The summed E-state index contributed by atoms with van der Waals surface area (Å²) < 4.78 is 10.3. The standard InChI is InChI=1S/C12H13N3O5/c16-12(7-2-1-3-13-7)14-8-4-10-11(20-6-19-10)5-9(8)15(17)18/h4-5,7,13H,1-3,6H2,(H,14,16). The Morgan fingerprint density at radius 3 is 2.80 bits per heavy atom. The predicted octanol–water partition coefficient (Wildman–Crippen LogP) is 1.01. The monoisotopic (exact) mass is 279 g/mol. The van der Waals surface area contributed by atoms with Crippen molar-refractivity contribution in [1.29, 1.82) is 0 Å². The second kappa shape index (κ2) is 4.97. The van der Waals surface area contributed by atoms with Crippen LogP contribution in [0.3, 0.4) is 0 Å². The van der Waals surface area contributed by atoms with Gasteiger partial charge >= 0.3 is 0 Å². The Kier molecular flexibility index (Phi) is 3.15. The van der Waals surface area contributed by atoms with Crippen LogP contribution in [0.15, 0.2) is 12.1 Å². The lowest BCUT2D eigenvalue weighted by molar-refractivity contribution is -0.384. The van der Waals surface area contributed by atoms with Crippen molar-refractivity contribution in [3.8, 4) is 11.5 Å². The molecule has 1 aromatic carbocycles. The number of nitro benzene ring substituents is 1. The number of carbonyl (C=O) groups is 1. The third-order valence-electron chi connectivity index (χ3n) is 3.32. The molecular weight excluding hydrogens is 266 g/mol. The van der Waals surface area contributed by atoms with Crippen molar-refractivity contribution >= 4 is 17.3 Å². The number of benzene rings is 1. The van der Waals surface area contributed by atoms with E-state index in [1.807, 2.05) is 0 Å². The minimum Gasteiger partial charge on any atom is -0.454 e. The highest BCUT2D eigenvalue weighted by molar-refractivity contribution is 5.97. The highest BCUT2D eigenvalue weighted by atomic mass is 16.7. The van der Waals surface area contributed by atoms with Gasteiger partial charge in [-0.05, 0) is 19.4 Å². The Labute approximate surface area is 114 Å². The van der Waals surface area contributed by atoms with Crippen molar-refractivity contribution in [3.05, 3.63) is 22.2 Å². The van der Waals surface area contributed by atoms with Gasteiger partial charge in [0.05, 0.1) is 17.0 Å². The molecule has 8 nitrogen and oxygen atoms in total. The molecule has 0 spiro atoms. The predicted molar refractivity (Wildman–Crippen MR) is 68.9 cm³/mol. The van der Waals surface area contributed by atoms with E-state index in [2.05, 4.69) is 10.6 Å². The maximum absolute atomic E-state index is 12.0. The van der Waals surface area contributed by atoms with Gasteiger partial charge in [-0.25, -0.2) is 0 Å². The average molecular weight is 279 g/mol.